The van der Waals surface area contributed by atoms with Gasteiger partial charge in [0.2, 0.25) is 11.0 Å². The molecule has 158 valence electrons. The second kappa shape index (κ2) is 7.28. The Morgan fingerprint density at radius 2 is 2.03 bits per heavy atom. The van der Waals surface area contributed by atoms with Crippen LogP contribution in [-0.4, -0.2) is 40.0 Å². The molecule has 31 heavy (non-hydrogen) atoms. The Balaban J connectivity index is 1.63. The molecule has 0 saturated carbocycles. The van der Waals surface area contributed by atoms with Crippen molar-refractivity contribution in [2.24, 2.45) is 0 Å². The molecule has 9 heteroatoms. The van der Waals surface area contributed by atoms with Crippen LogP contribution in [0.3, 0.4) is 0 Å². The molecule has 1 atom stereocenters. The van der Waals surface area contributed by atoms with Gasteiger partial charge in [-0.25, -0.2) is 4.98 Å². The molecule has 0 bridgehead atoms. The summed E-state index contributed by atoms with van der Waals surface area (Å²) in [6.45, 7) is 1.92. The highest BCUT2D eigenvalue weighted by atomic mass is 32.1. The van der Waals surface area contributed by atoms with Crippen LogP contribution in [0.4, 0.5) is 5.82 Å². The van der Waals surface area contributed by atoms with Crippen LogP contribution in [-0.2, 0) is 4.79 Å². The zero-order valence-corrected chi connectivity index (χ0v) is 18.0. The van der Waals surface area contributed by atoms with E-state index in [0.717, 1.165) is 32.8 Å². The fraction of sp³-hybridized carbons (Fsp3) is 0.227. The minimum Gasteiger partial charge on any atom is -0.504 e. The molecule has 3 heterocycles. The van der Waals surface area contributed by atoms with E-state index in [0.29, 0.717) is 16.7 Å². The monoisotopic (exact) mass is 436 g/mol. The molecular formula is C22H20N4O4S. The van der Waals surface area contributed by atoms with E-state index < -0.39 is 0 Å². The number of carbonyl (C=O) groups is 1. The van der Waals surface area contributed by atoms with Crippen LogP contribution >= 0.6 is 11.3 Å². The highest BCUT2D eigenvalue weighted by Gasteiger charge is 2.33. The predicted molar refractivity (Wildman–Crippen MR) is 118 cm³/mol. The van der Waals surface area contributed by atoms with Crippen LogP contribution in [0.25, 0.3) is 15.3 Å². The summed E-state index contributed by atoms with van der Waals surface area (Å²) in [6.07, 6.45) is 0.266. The van der Waals surface area contributed by atoms with E-state index >= 15 is 0 Å². The molecule has 0 fully saturated rings. The lowest BCUT2D eigenvalue weighted by molar-refractivity contribution is -0.116. The number of rotatable bonds is 4. The molecule has 1 aliphatic heterocycles. The summed E-state index contributed by atoms with van der Waals surface area (Å²) in [4.78, 5) is 17.3. The van der Waals surface area contributed by atoms with Gasteiger partial charge in [0.1, 0.15) is 11.6 Å². The first kappa shape index (κ1) is 19.4. The van der Waals surface area contributed by atoms with Gasteiger partial charge in [-0.15, -0.1) is 0 Å². The van der Waals surface area contributed by atoms with Crippen molar-refractivity contribution in [2.75, 3.05) is 19.5 Å². The highest BCUT2D eigenvalue weighted by Crippen LogP contribution is 2.43. The van der Waals surface area contributed by atoms with Crippen molar-refractivity contribution in [3.05, 3.63) is 53.2 Å². The number of aryl methyl sites for hydroxylation is 1. The number of carbonyl (C=O) groups excluding carboxylic acids is 1. The summed E-state index contributed by atoms with van der Waals surface area (Å²) in [5, 5.41) is 18.6. The van der Waals surface area contributed by atoms with Crippen molar-refractivity contribution in [1.29, 1.82) is 0 Å². The zero-order chi connectivity index (χ0) is 21.7. The van der Waals surface area contributed by atoms with Gasteiger partial charge in [-0.2, -0.15) is 9.78 Å². The van der Waals surface area contributed by atoms with Crippen LogP contribution < -0.4 is 14.8 Å². The molecule has 8 nitrogen and oxygen atoms in total. The van der Waals surface area contributed by atoms with Gasteiger partial charge in [-0.3, -0.25) is 4.79 Å². The summed E-state index contributed by atoms with van der Waals surface area (Å²) >= 11 is 1.47. The van der Waals surface area contributed by atoms with Crippen LogP contribution in [0, 0.1) is 6.92 Å². The number of ether oxygens (including phenoxy) is 2. The van der Waals surface area contributed by atoms with Gasteiger partial charge in [0, 0.05) is 17.9 Å². The number of hydrogen-bond acceptors (Lipinski definition) is 7. The van der Waals surface area contributed by atoms with Crippen LogP contribution in [0.1, 0.15) is 29.2 Å². The molecule has 2 aromatic heterocycles. The number of aromatic hydroxyl groups is 1. The normalized spacial score (nSPS) is 15.6. The third kappa shape index (κ3) is 3.17. The number of thiazole rings is 1. The second-order valence-corrected chi connectivity index (χ2v) is 8.33. The van der Waals surface area contributed by atoms with Gasteiger partial charge in [0.25, 0.3) is 0 Å². The average Bonchev–Trinajstić information content (AvgIpc) is 3.33. The largest absolute Gasteiger partial charge is 0.504 e. The summed E-state index contributed by atoms with van der Waals surface area (Å²) in [6, 6.07) is 10.9. The van der Waals surface area contributed by atoms with E-state index in [1.54, 1.807) is 23.9 Å². The summed E-state index contributed by atoms with van der Waals surface area (Å²) < 4.78 is 13.1. The van der Waals surface area contributed by atoms with Gasteiger partial charge < -0.3 is 19.9 Å². The van der Waals surface area contributed by atoms with Gasteiger partial charge in [0.05, 0.1) is 30.1 Å². The average molecular weight is 436 g/mol. The molecule has 0 spiro atoms. The Hall–Kier alpha value is -3.59. The maximum absolute atomic E-state index is 12.6. The first-order chi connectivity index (χ1) is 15.0. The fourth-order valence-corrected chi connectivity index (χ4v) is 4.96. The fourth-order valence-electron chi connectivity index (χ4n) is 4.00. The van der Waals surface area contributed by atoms with Crippen molar-refractivity contribution in [1.82, 2.24) is 14.8 Å². The van der Waals surface area contributed by atoms with Crippen molar-refractivity contribution in [2.45, 2.75) is 19.3 Å². The van der Waals surface area contributed by atoms with Crippen molar-refractivity contribution in [3.63, 3.8) is 0 Å². The lowest BCUT2D eigenvalue weighted by Crippen LogP contribution is -2.24. The number of aromatic nitrogens is 3. The Kier molecular flexibility index (Phi) is 4.55. The number of nitrogens with zero attached hydrogens (tertiary/aromatic N) is 3. The lowest BCUT2D eigenvalue weighted by atomic mass is 9.85. The number of phenols is 1. The number of phenolic OH excluding ortho intramolecular Hbond substituents is 1. The Bertz CT molecular complexity index is 1330. The van der Waals surface area contributed by atoms with E-state index in [1.165, 1.54) is 18.4 Å². The molecule has 0 aliphatic carbocycles. The lowest BCUT2D eigenvalue weighted by Gasteiger charge is -2.24. The number of benzene rings is 2. The highest BCUT2D eigenvalue weighted by molar-refractivity contribution is 7.20. The first-order valence-electron chi connectivity index (χ1n) is 9.69. The third-order valence-electron chi connectivity index (χ3n) is 5.47. The third-order valence-corrected chi connectivity index (χ3v) is 6.47. The number of amides is 1. The first-order valence-corrected chi connectivity index (χ1v) is 10.5. The molecule has 0 radical (unpaired) electrons. The minimum absolute atomic E-state index is 0.0395. The Labute approximate surface area is 182 Å². The minimum atomic E-state index is -0.233. The van der Waals surface area contributed by atoms with Crippen LogP contribution in [0.5, 0.6) is 17.2 Å². The van der Waals surface area contributed by atoms with E-state index in [9.17, 15) is 9.90 Å². The number of anilines is 1. The van der Waals surface area contributed by atoms with Gasteiger partial charge in [-0.05, 0) is 42.8 Å². The summed E-state index contributed by atoms with van der Waals surface area (Å²) in [5.74, 6) is 1.45. The number of nitrogens with one attached hydrogen (secondary N) is 1. The van der Waals surface area contributed by atoms with E-state index in [1.807, 2.05) is 31.2 Å². The van der Waals surface area contributed by atoms with Gasteiger partial charge in [0.15, 0.2) is 11.5 Å². The molecule has 1 aliphatic rings. The Morgan fingerprint density at radius 3 is 2.77 bits per heavy atom. The predicted octanol–water partition coefficient (Wildman–Crippen LogP) is 3.99. The molecule has 1 amide bonds. The number of hydrogen-bond donors (Lipinski definition) is 2. The molecule has 5 rings (SSSR count). The number of fused-ring (bicyclic) bond motifs is 2. The quantitative estimate of drug-likeness (QED) is 0.502. The van der Waals surface area contributed by atoms with Crippen molar-refractivity contribution in [3.8, 4) is 22.4 Å². The standard InChI is InChI=1S/C22H20N4O4S/c1-11-20-14(12-4-7-17(30-3)16(27)8-12)10-19(28)24-21(20)26(25-11)22-23-15-6-5-13(29-2)9-18(15)31-22/h4-9,14,27H,10H2,1-3H3,(H,24,28)/t14-/m0/s1. The maximum Gasteiger partial charge on any atom is 0.226 e. The zero-order valence-electron chi connectivity index (χ0n) is 17.2. The summed E-state index contributed by atoms with van der Waals surface area (Å²) in [5.41, 5.74) is 3.38. The maximum atomic E-state index is 12.6. The molecule has 4 aromatic rings. The molecule has 2 aromatic carbocycles. The summed E-state index contributed by atoms with van der Waals surface area (Å²) in [7, 11) is 3.13. The van der Waals surface area contributed by atoms with Crippen molar-refractivity contribution >= 4 is 33.3 Å². The molecule has 2 N–H and O–H groups in total. The topological polar surface area (TPSA) is 98.5 Å². The molecule has 0 unspecified atom stereocenters. The second-order valence-electron chi connectivity index (χ2n) is 7.33. The van der Waals surface area contributed by atoms with Crippen LogP contribution in [0.15, 0.2) is 36.4 Å². The van der Waals surface area contributed by atoms with E-state index in [-0.39, 0.29) is 24.0 Å². The van der Waals surface area contributed by atoms with E-state index in [4.69, 9.17) is 19.6 Å². The van der Waals surface area contributed by atoms with Gasteiger partial charge >= 0.3 is 0 Å². The molecule has 0 saturated heterocycles. The number of methoxy groups -OCH3 is 2. The smallest absolute Gasteiger partial charge is 0.226 e. The Morgan fingerprint density at radius 1 is 1.19 bits per heavy atom. The van der Waals surface area contributed by atoms with E-state index in [2.05, 4.69) is 5.32 Å². The molecular weight excluding hydrogens is 416 g/mol. The van der Waals surface area contributed by atoms with Crippen molar-refractivity contribution < 1.29 is 19.4 Å². The van der Waals surface area contributed by atoms with Gasteiger partial charge in [-0.1, -0.05) is 17.4 Å². The van der Waals surface area contributed by atoms with Crippen LogP contribution in [0.2, 0.25) is 0 Å². The SMILES string of the molecule is COc1ccc2nc(-n3nc(C)c4c3NC(=O)C[C@H]4c3ccc(OC)c(O)c3)sc2c1.